The van der Waals surface area contributed by atoms with E-state index in [0.29, 0.717) is 23.1 Å². The number of carbonyl (C=O) groups is 1. The minimum absolute atomic E-state index is 0.0488. The Morgan fingerprint density at radius 1 is 1.36 bits per heavy atom. The topological polar surface area (TPSA) is 68.7 Å². The molecule has 1 aromatic carbocycles. The molecule has 22 heavy (non-hydrogen) atoms. The van der Waals surface area contributed by atoms with E-state index in [9.17, 15) is 4.79 Å². The Labute approximate surface area is 133 Å². The Morgan fingerprint density at radius 3 is 2.82 bits per heavy atom. The number of carboxylic acids is 1. The first-order valence-corrected chi connectivity index (χ1v) is 8.03. The van der Waals surface area contributed by atoms with Gasteiger partial charge < -0.3 is 14.6 Å². The second-order valence-corrected chi connectivity index (χ2v) is 5.62. The number of hydrogen-bond donors (Lipinski definition) is 1. The first kappa shape index (κ1) is 16.3. The van der Waals surface area contributed by atoms with Crippen LogP contribution in [0.2, 0.25) is 0 Å². The van der Waals surface area contributed by atoms with E-state index in [1.54, 1.807) is 7.11 Å². The number of nitrogens with zero attached hydrogens (tertiary/aromatic N) is 1. The van der Waals surface area contributed by atoms with Crippen LogP contribution in [0, 0.1) is 0 Å². The molecule has 0 aliphatic carbocycles. The van der Waals surface area contributed by atoms with Crippen LogP contribution in [-0.4, -0.2) is 29.8 Å². The van der Waals surface area contributed by atoms with Crippen LogP contribution in [0.5, 0.6) is 11.5 Å². The number of carboxylic acid groups (broad SMARTS) is 1. The summed E-state index contributed by atoms with van der Waals surface area (Å²) in [6.45, 7) is 2.76. The summed E-state index contributed by atoms with van der Waals surface area (Å²) >= 11 is 1.29. The highest BCUT2D eigenvalue weighted by Gasteiger charge is 2.15. The number of rotatable bonds is 8. The van der Waals surface area contributed by atoms with E-state index in [0.717, 1.165) is 24.8 Å². The zero-order valence-electron chi connectivity index (χ0n) is 12.7. The Hall–Kier alpha value is -2.08. The Bertz CT molecular complexity index is 639. The predicted octanol–water partition coefficient (Wildman–Crippen LogP) is 4.09. The summed E-state index contributed by atoms with van der Waals surface area (Å²) in [5.74, 6) is 0.340. The summed E-state index contributed by atoms with van der Waals surface area (Å²) in [7, 11) is 1.60. The largest absolute Gasteiger partial charge is 0.497 e. The van der Waals surface area contributed by atoms with Crippen molar-refractivity contribution in [2.75, 3.05) is 13.7 Å². The molecular weight excluding hydrogens is 302 g/mol. The quantitative estimate of drug-likeness (QED) is 0.742. The average molecular weight is 321 g/mol. The molecule has 0 atom stereocenters. The third-order valence-corrected chi connectivity index (χ3v) is 4.02. The van der Waals surface area contributed by atoms with Crippen LogP contribution in [0.15, 0.2) is 23.6 Å². The summed E-state index contributed by atoms with van der Waals surface area (Å²) in [6.07, 6.45) is 3.22. The number of hydrogen-bond acceptors (Lipinski definition) is 5. The van der Waals surface area contributed by atoms with Crippen molar-refractivity contribution in [2.45, 2.75) is 26.2 Å². The highest BCUT2D eigenvalue weighted by atomic mass is 32.1. The third-order valence-electron chi connectivity index (χ3n) is 3.15. The van der Waals surface area contributed by atoms with Gasteiger partial charge in [-0.25, -0.2) is 9.78 Å². The monoisotopic (exact) mass is 321 g/mol. The molecule has 118 valence electrons. The zero-order chi connectivity index (χ0) is 15.9. The molecule has 0 radical (unpaired) electrons. The minimum Gasteiger partial charge on any atom is -0.497 e. The lowest BCUT2D eigenvalue weighted by atomic mass is 10.2. The van der Waals surface area contributed by atoms with Crippen molar-refractivity contribution >= 4 is 17.3 Å². The standard InChI is InChI=1S/C16H19NO4S/c1-3-4-5-8-21-14-9-11(20-2)6-7-12(14)15-17-13(10-22-15)16(18)19/h6-7,9-10H,3-5,8H2,1-2H3,(H,18,19). The van der Waals surface area contributed by atoms with Gasteiger partial charge in [0.05, 0.1) is 19.3 Å². The summed E-state index contributed by atoms with van der Waals surface area (Å²) in [4.78, 5) is 15.1. The highest BCUT2D eigenvalue weighted by Crippen LogP contribution is 2.35. The molecule has 0 aliphatic heterocycles. The number of aromatic carboxylic acids is 1. The third kappa shape index (κ3) is 3.98. The molecule has 0 spiro atoms. The van der Waals surface area contributed by atoms with Gasteiger partial charge >= 0.3 is 5.97 Å². The SMILES string of the molecule is CCCCCOc1cc(OC)ccc1-c1nc(C(=O)O)cs1. The van der Waals surface area contributed by atoms with Gasteiger partial charge in [-0.1, -0.05) is 19.8 Å². The molecule has 0 saturated heterocycles. The molecule has 0 amide bonds. The molecule has 0 fully saturated rings. The lowest BCUT2D eigenvalue weighted by Crippen LogP contribution is -2.00. The van der Waals surface area contributed by atoms with Crippen molar-refractivity contribution in [3.8, 4) is 22.1 Å². The van der Waals surface area contributed by atoms with Gasteiger partial charge in [0.15, 0.2) is 5.69 Å². The highest BCUT2D eigenvalue weighted by molar-refractivity contribution is 7.13. The van der Waals surface area contributed by atoms with Crippen molar-refractivity contribution in [3.63, 3.8) is 0 Å². The van der Waals surface area contributed by atoms with Crippen LogP contribution in [0.25, 0.3) is 10.6 Å². The van der Waals surface area contributed by atoms with Gasteiger partial charge in [-0.05, 0) is 18.6 Å². The molecule has 0 unspecified atom stereocenters. The van der Waals surface area contributed by atoms with E-state index in [1.807, 2.05) is 18.2 Å². The van der Waals surface area contributed by atoms with Gasteiger partial charge in [0.2, 0.25) is 0 Å². The molecule has 0 bridgehead atoms. The number of aromatic nitrogens is 1. The van der Waals surface area contributed by atoms with Gasteiger partial charge in [-0.2, -0.15) is 0 Å². The van der Waals surface area contributed by atoms with Crippen LogP contribution < -0.4 is 9.47 Å². The molecule has 1 aromatic heterocycles. The van der Waals surface area contributed by atoms with Crippen LogP contribution in [-0.2, 0) is 0 Å². The first-order chi connectivity index (χ1) is 10.7. The first-order valence-electron chi connectivity index (χ1n) is 7.15. The lowest BCUT2D eigenvalue weighted by molar-refractivity contribution is 0.0691. The Kier molecular flexibility index (Phi) is 5.77. The van der Waals surface area contributed by atoms with Gasteiger partial charge in [0.1, 0.15) is 16.5 Å². The fourth-order valence-electron chi connectivity index (χ4n) is 1.96. The Balaban J connectivity index is 2.26. The van der Waals surface area contributed by atoms with Crippen molar-refractivity contribution in [1.82, 2.24) is 4.98 Å². The number of thiazole rings is 1. The maximum absolute atomic E-state index is 11.0. The summed E-state index contributed by atoms with van der Waals surface area (Å²) in [5.41, 5.74) is 0.836. The average Bonchev–Trinajstić information content (AvgIpc) is 3.01. The summed E-state index contributed by atoms with van der Waals surface area (Å²) < 4.78 is 11.1. The van der Waals surface area contributed by atoms with Crippen molar-refractivity contribution < 1.29 is 19.4 Å². The van der Waals surface area contributed by atoms with E-state index < -0.39 is 5.97 Å². The van der Waals surface area contributed by atoms with Crippen LogP contribution in [0.4, 0.5) is 0 Å². The fourth-order valence-corrected chi connectivity index (χ4v) is 2.78. The summed E-state index contributed by atoms with van der Waals surface area (Å²) in [5, 5.41) is 11.2. The van der Waals surface area contributed by atoms with E-state index >= 15 is 0 Å². The maximum atomic E-state index is 11.0. The number of unbranched alkanes of at least 4 members (excludes halogenated alkanes) is 2. The predicted molar refractivity (Wildman–Crippen MR) is 86.1 cm³/mol. The van der Waals surface area contributed by atoms with E-state index in [1.165, 1.54) is 16.7 Å². The Morgan fingerprint density at radius 2 is 2.18 bits per heavy atom. The fraction of sp³-hybridized carbons (Fsp3) is 0.375. The molecule has 0 aliphatic rings. The van der Waals surface area contributed by atoms with Gasteiger partial charge in [0.25, 0.3) is 0 Å². The van der Waals surface area contributed by atoms with Gasteiger partial charge in [-0.3, -0.25) is 0 Å². The minimum atomic E-state index is -1.03. The molecule has 1 heterocycles. The molecule has 2 rings (SSSR count). The van der Waals surface area contributed by atoms with E-state index in [-0.39, 0.29) is 5.69 Å². The molecule has 1 N–H and O–H groups in total. The van der Waals surface area contributed by atoms with Gasteiger partial charge in [-0.15, -0.1) is 11.3 Å². The van der Waals surface area contributed by atoms with E-state index in [2.05, 4.69) is 11.9 Å². The normalized spacial score (nSPS) is 10.5. The molecule has 5 nitrogen and oxygen atoms in total. The lowest BCUT2D eigenvalue weighted by Gasteiger charge is -2.11. The van der Waals surface area contributed by atoms with Crippen LogP contribution in [0.3, 0.4) is 0 Å². The van der Waals surface area contributed by atoms with Crippen molar-refractivity contribution in [2.24, 2.45) is 0 Å². The van der Waals surface area contributed by atoms with Crippen molar-refractivity contribution in [3.05, 3.63) is 29.3 Å². The number of methoxy groups -OCH3 is 1. The maximum Gasteiger partial charge on any atom is 0.355 e. The second-order valence-electron chi connectivity index (χ2n) is 4.76. The van der Waals surface area contributed by atoms with E-state index in [4.69, 9.17) is 14.6 Å². The number of ether oxygens (including phenoxy) is 2. The van der Waals surface area contributed by atoms with Crippen LogP contribution in [0.1, 0.15) is 36.7 Å². The second kappa shape index (κ2) is 7.79. The number of benzene rings is 1. The molecular formula is C16H19NO4S. The van der Waals surface area contributed by atoms with Crippen molar-refractivity contribution in [1.29, 1.82) is 0 Å². The van der Waals surface area contributed by atoms with Crippen LogP contribution >= 0.6 is 11.3 Å². The summed E-state index contributed by atoms with van der Waals surface area (Å²) in [6, 6.07) is 5.47. The molecule has 2 aromatic rings. The smallest absolute Gasteiger partial charge is 0.355 e. The molecule has 6 heteroatoms. The zero-order valence-corrected chi connectivity index (χ0v) is 13.5. The van der Waals surface area contributed by atoms with Gasteiger partial charge in [0, 0.05) is 11.4 Å². The molecule has 0 saturated carbocycles.